The van der Waals surface area contributed by atoms with Crippen molar-refractivity contribution >= 4 is 10.0 Å². The molecule has 152 valence electrons. The van der Waals surface area contributed by atoms with Crippen molar-refractivity contribution < 1.29 is 17.9 Å². The molecule has 1 atom stereocenters. The van der Waals surface area contributed by atoms with Crippen LogP contribution in [0.3, 0.4) is 0 Å². The van der Waals surface area contributed by atoms with Gasteiger partial charge in [-0.3, -0.25) is 4.90 Å². The van der Waals surface area contributed by atoms with Crippen LogP contribution in [0, 0.1) is 0 Å². The molecule has 0 unspecified atom stereocenters. The minimum absolute atomic E-state index is 0.0405. The molecule has 1 aliphatic heterocycles. The SMILES string of the molecule is COc1ccc([C@H](CNS(=O)(=O)CCc2ccccc2)N2CCOCC2)cc1. The molecule has 6 nitrogen and oxygen atoms in total. The van der Waals surface area contributed by atoms with Crippen LogP contribution in [-0.2, 0) is 21.2 Å². The second kappa shape index (κ2) is 10.0. The van der Waals surface area contributed by atoms with Crippen molar-refractivity contribution in [3.63, 3.8) is 0 Å². The molecule has 1 N–H and O–H groups in total. The Bertz CT molecular complexity index is 819. The topological polar surface area (TPSA) is 67.9 Å². The molecule has 1 aliphatic rings. The number of rotatable bonds is 9. The fraction of sp³-hybridized carbons (Fsp3) is 0.429. The maximum atomic E-state index is 12.5. The summed E-state index contributed by atoms with van der Waals surface area (Å²) >= 11 is 0. The van der Waals surface area contributed by atoms with Gasteiger partial charge >= 0.3 is 0 Å². The van der Waals surface area contributed by atoms with Gasteiger partial charge < -0.3 is 9.47 Å². The first-order valence-electron chi connectivity index (χ1n) is 9.54. The van der Waals surface area contributed by atoms with Crippen LogP contribution >= 0.6 is 0 Å². The minimum atomic E-state index is -3.37. The van der Waals surface area contributed by atoms with Crippen molar-refractivity contribution in [3.05, 3.63) is 65.7 Å². The number of hydrogen-bond donors (Lipinski definition) is 1. The van der Waals surface area contributed by atoms with Gasteiger partial charge in [0.2, 0.25) is 10.0 Å². The summed E-state index contributed by atoms with van der Waals surface area (Å²) in [5, 5.41) is 0. The maximum Gasteiger partial charge on any atom is 0.211 e. The fourth-order valence-corrected chi connectivity index (χ4v) is 4.41. The summed E-state index contributed by atoms with van der Waals surface area (Å²) in [5.74, 6) is 0.864. The summed E-state index contributed by atoms with van der Waals surface area (Å²) in [7, 11) is -1.73. The number of nitrogens with one attached hydrogen (secondary N) is 1. The van der Waals surface area contributed by atoms with Crippen LogP contribution in [0.2, 0.25) is 0 Å². The number of morpholine rings is 1. The lowest BCUT2D eigenvalue weighted by atomic mass is 10.0. The predicted octanol–water partition coefficient (Wildman–Crippen LogP) is 2.23. The van der Waals surface area contributed by atoms with Gasteiger partial charge in [-0.2, -0.15) is 0 Å². The lowest BCUT2D eigenvalue weighted by Gasteiger charge is -2.35. The van der Waals surface area contributed by atoms with Gasteiger partial charge in [-0.1, -0.05) is 42.5 Å². The Labute approximate surface area is 167 Å². The molecule has 28 heavy (non-hydrogen) atoms. The van der Waals surface area contributed by atoms with Crippen molar-refractivity contribution in [2.24, 2.45) is 0 Å². The lowest BCUT2D eigenvalue weighted by molar-refractivity contribution is 0.0172. The molecule has 0 radical (unpaired) electrons. The Balaban J connectivity index is 1.66. The Morgan fingerprint density at radius 1 is 1.07 bits per heavy atom. The highest BCUT2D eigenvalue weighted by molar-refractivity contribution is 7.89. The third-order valence-corrected chi connectivity index (χ3v) is 6.33. The molecule has 0 bridgehead atoms. The first-order chi connectivity index (χ1) is 13.6. The first kappa shape index (κ1) is 20.8. The third-order valence-electron chi connectivity index (χ3n) is 4.99. The Hall–Kier alpha value is -1.93. The van der Waals surface area contributed by atoms with Gasteiger partial charge in [0, 0.05) is 25.7 Å². The monoisotopic (exact) mass is 404 g/mol. The van der Waals surface area contributed by atoms with E-state index in [1.807, 2.05) is 54.6 Å². The van der Waals surface area contributed by atoms with Gasteiger partial charge in [0.25, 0.3) is 0 Å². The second-order valence-corrected chi connectivity index (χ2v) is 8.77. The van der Waals surface area contributed by atoms with Crippen LogP contribution in [0.25, 0.3) is 0 Å². The molecule has 2 aromatic rings. The number of methoxy groups -OCH3 is 1. The molecule has 0 saturated carbocycles. The van der Waals surface area contributed by atoms with Crippen molar-refractivity contribution in [1.29, 1.82) is 0 Å². The molecular formula is C21H28N2O4S. The van der Waals surface area contributed by atoms with Crippen LogP contribution in [-0.4, -0.2) is 59.0 Å². The van der Waals surface area contributed by atoms with E-state index in [-0.39, 0.29) is 11.8 Å². The molecule has 0 aromatic heterocycles. The highest BCUT2D eigenvalue weighted by atomic mass is 32.2. The standard InChI is InChI=1S/C21H28N2O4S/c1-26-20-9-7-19(8-10-20)21(23-12-14-27-15-13-23)17-22-28(24,25)16-11-18-5-3-2-4-6-18/h2-10,21-22H,11-17H2,1H3/t21-/m0/s1. The van der Waals surface area contributed by atoms with Crippen LogP contribution < -0.4 is 9.46 Å². The molecule has 0 aliphatic carbocycles. The molecule has 0 amide bonds. The zero-order valence-electron chi connectivity index (χ0n) is 16.2. The van der Waals surface area contributed by atoms with Crippen LogP contribution in [0.4, 0.5) is 0 Å². The van der Waals surface area contributed by atoms with E-state index < -0.39 is 10.0 Å². The quantitative estimate of drug-likeness (QED) is 0.694. The van der Waals surface area contributed by atoms with Crippen LogP contribution in [0.15, 0.2) is 54.6 Å². The molecule has 1 fully saturated rings. The van der Waals surface area contributed by atoms with Crippen LogP contribution in [0.5, 0.6) is 5.75 Å². The number of hydrogen-bond acceptors (Lipinski definition) is 5. The maximum absolute atomic E-state index is 12.5. The number of benzene rings is 2. The van der Waals surface area contributed by atoms with Gasteiger partial charge in [0.15, 0.2) is 0 Å². The van der Waals surface area contributed by atoms with Gasteiger partial charge in [-0.05, 0) is 29.7 Å². The zero-order chi connectivity index (χ0) is 19.8. The average molecular weight is 405 g/mol. The summed E-state index contributed by atoms with van der Waals surface area (Å²) in [4.78, 5) is 2.27. The molecule has 1 saturated heterocycles. The normalized spacial score (nSPS) is 16.6. The predicted molar refractivity (Wildman–Crippen MR) is 110 cm³/mol. The molecule has 1 heterocycles. The summed E-state index contributed by atoms with van der Waals surface area (Å²) in [6, 6.07) is 17.4. The van der Waals surface area contributed by atoms with Crippen molar-refractivity contribution in [2.45, 2.75) is 12.5 Å². The van der Waals surface area contributed by atoms with Crippen molar-refractivity contribution in [1.82, 2.24) is 9.62 Å². The lowest BCUT2D eigenvalue weighted by Crippen LogP contribution is -2.44. The number of ether oxygens (including phenoxy) is 2. The Morgan fingerprint density at radius 2 is 1.75 bits per heavy atom. The molecule has 7 heteroatoms. The number of aryl methyl sites for hydroxylation is 1. The van der Waals surface area contributed by atoms with E-state index in [0.717, 1.165) is 30.0 Å². The van der Waals surface area contributed by atoms with Gasteiger partial charge in [0.05, 0.1) is 26.1 Å². The van der Waals surface area contributed by atoms with Crippen molar-refractivity contribution in [2.75, 3.05) is 45.7 Å². The van der Waals surface area contributed by atoms with Crippen molar-refractivity contribution in [3.8, 4) is 5.75 Å². The van der Waals surface area contributed by atoms with E-state index in [2.05, 4.69) is 9.62 Å². The summed E-state index contributed by atoms with van der Waals surface area (Å²) in [6.07, 6.45) is 0.501. The van der Waals surface area contributed by atoms with E-state index in [4.69, 9.17) is 9.47 Å². The van der Waals surface area contributed by atoms with E-state index in [0.29, 0.717) is 26.2 Å². The largest absolute Gasteiger partial charge is 0.497 e. The number of nitrogens with zero attached hydrogens (tertiary/aromatic N) is 1. The van der Waals surface area contributed by atoms with E-state index >= 15 is 0 Å². The minimum Gasteiger partial charge on any atom is -0.497 e. The van der Waals surface area contributed by atoms with E-state index in [1.54, 1.807) is 7.11 Å². The first-order valence-corrected chi connectivity index (χ1v) is 11.2. The average Bonchev–Trinajstić information content (AvgIpc) is 2.74. The van der Waals surface area contributed by atoms with Gasteiger partial charge in [-0.25, -0.2) is 13.1 Å². The summed E-state index contributed by atoms with van der Waals surface area (Å²) < 4.78 is 38.6. The van der Waals surface area contributed by atoms with Crippen LogP contribution in [0.1, 0.15) is 17.2 Å². The Kier molecular flexibility index (Phi) is 7.44. The highest BCUT2D eigenvalue weighted by Gasteiger charge is 2.24. The second-order valence-electron chi connectivity index (χ2n) is 6.84. The Morgan fingerprint density at radius 3 is 2.39 bits per heavy atom. The third kappa shape index (κ3) is 6.04. The van der Waals surface area contributed by atoms with E-state index in [1.165, 1.54) is 0 Å². The number of sulfonamides is 1. The zero-order valence-corrected chi connectivity index (χ0v) is 17.0. The molecule has 0 spiro atoms. The van der Waals surface area contributed by atoms with Gasteiger partial charge in [-0.15, -0.1) is 0 Å². The smallest absolute Gasteiger partial charge is 0.211 e. The highest BCUT2D eigenvalue weighted by Crippen LogP contribution is 2.24. The molecule has 3 rings (SSSR count). The summed E-state index contributed by atoms with van der Waals surface area (Å²) in [6.45, 7) is 3.22. The fourth-order valence-electron chi connectivity index (χ4n) is 3.35. The molecular weight excluding hydrogens is 376 g/mol. The molecule has 2 aromatic carbocycles. The summed E-state index contributed by atoms with van der Waals surface area (Å²) in [5.41, 5.74) is 2.08. The van der Waals surface area contributed by atoms with E-state index in [9.17, 15) is 8.42 Å². The van der Waals surface area contributed by atoms with Gasteiger partial charge in [0.1, 0.15) is 5.75 Å².